The summed E-state index contributed by atoms with van der Waals surface area (Å²) >= 11 is 0. The lowest BCUT2D eigenvalue weighted by Gasteiger charge is -2.34. The molecule has 0 bridgehead atoms. The summed E-state index contributed by atoms with van der Waals surface area (Å²) < 4.78 is 1.87. The summed E-state index contributed by atoms with van der Waals surface area (Å²) in [5.41, 5.74) is 2.42. The van der Waals surface area contributed by atoms with E-state index in [-0.39, 0.29) is 24.3 Å². The number of aromatic amines is 1. The number of nitrogens with one attached hydrogen (secondary N) is 1. The molecule has 0 spiro atoms. The van der Waals surface area contributed by atoms with E-state index in [0.29, 0.717) is 31.9 Å². The molecule has 2 amide bonds. The molecular formula is C21H23N5O3. The van der Waals surface area contributed by atoms with Crippen LogP contribution in [0.3, 0.4) is 0 Å². The van der Waals surface area contributed by atoms with Gasteiger partial charge in [0, 0.05) is 30.2 Å². The van der Waals surface area contributed by atoms with Crippen molar-refractivity contribution in [3.63, 3.8) is 0 Å². The van der Waals surface area contributed by atoms with E-state index in [4.69, 9.17) is 4.84 Å². The topological polar surface area (TPSA) is 83.5 Å². The minimum absolute atomic E-state index is 0.0592. The van der Waals surface area contributed by atoms with E-state index in [1.54, 1.807) is 11.1 Å². The summed E-state index contributed by atoms with van der Waals surface area (Å²) in [6, 6.07) is 11.4. The summed E-state index contributed by atoms with van der Waals surface area (Å²) in [5.74, 6) is -0.128. The summed E-state index contributed by atoms with van der Waals surface area (Å²) in [5, 5.41) is 6.87. The number of carbonyl (C=O) groups excluding carboxylic acids is 2. The number of hydroxylamine groups is 2. The fraction of sp³-hybridized carbons (Fsp3) is 0.381. The molecule has 0 aliphatic carbocycles. The molecule has 150 valence electrons. The molecule has 29 heavy (non-hydrogen) atoms. The number of para-hydroxylation sites is 1. The zero-order valence-corrected chi connectivity index (χ0v) is 16.1. The summed E-state index contributed by atoms with van der Waals surface area (Å²) in [6.07, 6.45) is 3.91. The van der Waals surface area contributed by atoms with Gasteiger partial charge in [-0.2, -0.15) is 5.10 Å². The van der Waals surface area contributed by atoms with Crippen LogP contribution in [0.1, 0.15) is 41.5 Å². The van der Waals surface area contributed by atoms with Crippen LogP contribution >= 0.6 is 0 Å². The molecule has 1 atom stereocenters. The van der Waals surface area contributed by atoms with Gasteiger partial charge >= 0.3 is 0 Å². The molecule has 5 rings (SSSR count). The largest absolute Gasteiger partial charge is 0.351 e. The Morgan fingerprint density at radius 2 is 2.10 bits per heavy atom. The minimum Gasteiger partial charge on any atom is -0.351 e. The molecule has 1 N–H and O–H groups in total. The molecule has 2 aliphatic rings. The first-order chi connectivity index (χ1) is 14.2. The van der Waals surface area contributed by atoms with E-state index in [9.17, 15) is 9.59 Å². The van der Waals surface area contributed by atoms with Crippen LogP contribution in [0.15, 0.2) is 42.6 Å². The van der Waals surface area contributed by atoms with Crippen molar-refractivity contribution in [1.82, 2.24) is 24.7 Å². The fourth-order valence-corrected chi connectivity index (χ4v) is 4.15. The second-order valence-corrected chi connectivity index (χ2v) is 7.62. The predicted octanol–water partition coefficient (Wildman–Crippen LogP) is 2.51. The highest BCUT2D eigenvalue weighted by atomic mass is 16.7. The Morgan fingerprint density at radius 3 is 2.93 bits per heavy atom. The summed E-state index contributed by atoms with van der Waals surface area (Å²) in [6.45, 7) is 2.10. The highest BCUT2D eigenvalue weighted by Gasteiger charge is 2.32. The third kappa shape index (κ3) is 3.40. The van der Waals surface area contributed by atoms with Crippen LogP contribution in [0.2, 0.25) is 0 Å². The van der Waals surface area contributed by atoms with E-state index < -0.39 is 0 Å². The van der Waals surface area contributed by atoms with Crippen LogP contribution in [0.5, 0.6) is 0 Å². The van der Waals surface area contributed by atoms with Gasteiger partial charge in [0.05, 0.1) is 31.3 Å². The number of H-pyrrole nitrogens is 1. The summed E-state index contributed by atoms with van der Waals surface area (Å²) in [7, 11) is 0. The lowest BCUT2D eigenvalue weighted by atomic mass is 10.1. The lowest BCUT2D eigenvalue weighted by Crippen LogP contribution is -2.44. The van der Waals surface area contributed by atoms with Crippen LogP contribution in [0, 0.1) is 0 Å². The Hall–Kier alpha value is -3.13. The third-order valence-electron chi connectivity index (χ3n) is 5.62. The van der Waals surface area contributed by atoms with E-state index in [0.717, 1.165) is 29.4 Å². The fourth-order valence-electron chi connectivity index (χ4n) is 4.15. The maximum Gasteiger partial charge on any atom is 0.270 e. The van der Waals surface area contributed by atoms with Crippen molar-refractivity contribution >= 4 is 22.7 Å². The minimum atomic E-state index is -0.208. The normalized spacial score (nSPS) is 19.4. The third-order valence-corrected chi connectivity index (χ3v) is 5.62. The van der Waals surface area contributed by atoms with Crippen LogP contribution in [0.4, 0.5) is 0 Å². The first-order valence-electron chi connectivity index (χ1n) is 10.0. The number of fused-ring (bicyclic) bond motifs is 2. The monoisotopic (exact) mass is 393 g/mol. The molecule has 4 heterocycles. The second-order valence-electron chi connectivity index (χ2n) is 7.62. The highest BCUT2D eigenvalue weighted by Crippen LogP contribution is 2.26. The van der Waals surface area contributed by atoms with Gasteiger partial charge in [-0.25, -0.2) is 5.06 Å². The van der Waals surface area contributed by atoms with Gasteiger partial charge in [-0.3, -0.25) is 19.1 Å². The molecule has 1 fully saturated rings. The Bertz CT molecular complexity index is 1020. The van der Waals surface area contributed by atoms with Gasteiger partial charge < -0.3 is 9.88 Å². The van der Waals surface area contributed by atoms with Crippen LogP contribution in [0.25, 0.3) is 10.9 Å². The standard InChI is InChI=1S/C21H23N5O3/c27-20(25-9-3-4-10-29-25)12-17-14-24(13-16-7-8-22-26(16)17)21(28)19-11-15-5-1-2-6-18(15)23-19/h1-2,5-8,11,17,23H,3-4,9-10,12-14H2/t17-/m0/s1. The van der Waals surface area contributed by atoms with Gasteiger partial charge in [0.25, 0.3) is 5.91 Å². The highest BCUT2D eigenvalue weighted by molar-refractivity contribution is 5.98. The molecule has 3 aromatic rings. The quantitative estimate of drug-likeness (QED) is 0.741. The Balaban J connectivity index is 1.36. The van der Waals surface area contributed by atoms with Crippen LogP contribution in [-0.4, -0.2) is 56.2 Å². The predicted molar refractivity (Wildman–Crippen MR) is 106 cm³/mol. The van der Waals surface area contributed by atoms with Gasteiger partial charge in [0.1, 0.15) is 5.69 Å². The van der Waals surface area contributed by atoms with Crippen molar-refractivity contribution in [2.45, 2.75) is 31.8 Å². The van der Waals surface area contributed by atoms with E-state index >= 15 is 0 Å². The number of aromatic nitrogens is 3. The van der Waals surface area contributed by atoms with Crippen molar-refractivity contribution in [2.75, 3.05) is 19.7 Å². The first-order valence-corrected chi connectivity index (χ1v) is 10.0. The van der Waals surface area contributed by atoms with Gasteiger partial charge in [-0.05, 0) is 31.0 Å². The average Bonchev–Trinajstić information content (AvgIpc) is 3.40. The lowest BCUT2D eigenvalue weighted by molar-refractivity contribution is -0.198. The number of carbonyl (C=O) groups is 2. The molecule has 0 radical (unpaired) electrons. The van der Waals surface area contributed by atoms with E-state index in [2.05, 4.69) is 10.1 Å². The zero-order chi connectivity index (χ0) is 19.8. The second kappa shape index (κ2) is 7.36. The molecule has 2 aliphatic heterocycles. The molecule has 0 unspecified atom stereocenters. The molecule has 8 nitrogen and oxygen atoms in total. The van der Waals surface area contributed by atoms with Crippen molar-refractivity contribution in [3.05, 3.63) is 54.0 Å². The maximum atomic E-state index is 13.2. The van der Waals surface area contributed by atoms with Crippen molar-refractivity contribution in [2.24, 2.45) is 0 Å². The zero-order valence-electron chi connectivity index (χ0n) is 16.1. The number of nitrogens with zero attached hydrogens (tertiary/aromatic N) is 4. The average molecular weight is 393 g/mol. The number of hydrogen-bond acceptors (Lipinski definition) is 4. The molecule has 8 heteroatoms. The van der Waals surface area contributed by atoms with E-state index in [1.807, 2.05) is 41.1 Å². The van der Waals surface area contributed by atoms with Crippen LogP contribution < -0.4 is 0 Å². The summed E-state index contributed by atoms with van der Waals surface area (Å²) in [4.78, 5) is 36.4. The molecule has 0 saturated carbocycles. The molecule has 1 aromatic carbocycles. The van der Waals surface area contributed by atoms with Gasteiger partial charge in [0.2, 0.25) is 5.91 Å². The number of benzene rings is 1. The first kappa shape index (κ1) is 17.9. The number of rotatable bonds is 3. The van der Waals surface area contributed by atoms with Crippen molar-refractivity contribution < 1.29 is 14.4 Å². The molecular weight excluding hydrogens is 370 g/mol. The Kier molecular flexibility index (Phi) is 4.55. The van der Waals surface area contributed by atoms with Gasteiger partial charge in [0.15, 0.2) is 0 Å². The Morgan fingerprint density at radius 1 is 1.21 bits per heavy atom. The molecule has 1 saturated heterocycles. The van der Waals surface area contributed by atoms with Gasteiger partial charge in [-0.1, -0.05) is 18.2 Å². The molecule has 2 aromatic heterocycles. The van der Waals surface area contributed by atoms with Crippen LogP contribution in [-0.2, 0) is 16.2 Å². The maximum absolute atomic E-state index is 13.2. The number of amides is 2. The SMILES string of the molecule is O=C(c1cc2ccccc2[nH]1)N1Cc2ccnn2[C@@H](CC(=O)N2CCCCO2)C1. The van der Waals surface area contributed by atoms with Gasteiger partial charge in [-0.15, -0.1) is 0 Å². The smallest absolute Gasteiger partial charge is 0.270 e. The number of hydrogen-bond donors (Lipinski definition) is 1. The van der Waals surface area contributed by atoms with Crippen molar-refractivity contribution in [1.29, 1.82) is 0 Å². The van der Waals surface area contributed by atoms with E-state index in [1.165, 1.54) is 5.06 Å². The van der Waals surface area contributed by atoms with Crippen molar-refractivity contribution in [3.8, 4) is 0 Å². The Labute approximate surface area is 168 Å².